The van der Waals surface area contributed by atoms with E-state index in [4.69, 9.17) is 67.1 Å². The number of esters is 2. The summed E-state index contributed by atoms with van der Waals surface area (Å²) >= 11 is 0. The largest absolute Gasteiger partial charge is 0.462 e. The van der Waals surface area contributed by atoms with Gasteiger partial charge in [-0.1, -0.05) is 128 Å². The molecule has 0 aliphatic heterocycles. The highest BCUT2D eigenvalue weighted by atomic mass is 16.7. The van der Waals surface area contributed by atoms with Crippen LogP contribution in [0.2, 0.25) is 0 Å². The van der Waals surface area contributed by atoms with Crippen molar-refractivity contribution in [2.45, 2.75) is 391 Å². The highest BCUT2D eigenvalue weighted by Gasteiger charge is 2.44. The molecule has 0 aromatic carbocycles. The quantitative estimate of drug-likeness (QED) is 0.0238. The number of carbonyl (C=O) groups is 2. The summed E-state index contributed by atoms with van der Waals surface area (Å²) in [6.07, 6.45) is 60.4. The Morgan fingerprint density at radius 1 is 0.351 bits per heavy atom. The molecule has 13 aliphatic rings. The van der Waals surface area contributed by atoms with Gasteiger partial charge >= 0.3 is 11.9 Å². The van der Waals surface area contributed by atoms with Crippen LogP contribution >= 0.6 is 0 Å². The van der Waals surface area contributed by atoms with E-state index in [-0.39, 0.29) is 118 Å². The molecule has 12 unspecified atom stereocenters. The van der Waals surface area contributed by atoms with Gasteiger partial charge in [-0.25, -0.2) is 30.3 Å². The summed E-state index contributed by atoms with van der Waals surface area (Å²) in [6.45, 7) is 47.3. The van der Waals surface area contributed by atoms with Gasteiger partial charge in [-0.3, -0.25) is 9.59 Å². The maximum Gasteiger partial charge on any atom is 0.309 e. The Balaban J connectivity index is 0.683. The van der Waals surface area contributed by atoms with Crippen LogP contribution in [0.4, 0.5) is 0 Å². The van der Waals surface area contributed by atoms with E-state index in [1.807, 2.05) is 0 Å². The molecule has 13 aliphatic carbocycles. The predicted molar refractivity (Wildman–Crippen MR) is 578 cm³/mol. The third-order valence-electron chi connectivity index (χ3n) is 35.2. The number of carbonyl (C=O) groups excluding carboxylic acids is 2. The van der Waals surface area contributed by atoms with Crippen molar-refractivity contribution in [3.63, 3.8) is 0 Å². The van der Waals surface area contributed by atoms with Crippen LogP contribution in [0.1, 0.15) is 312 Å². The molecular formula is C124H176N12O12. The van der Waals surface area contributed by atoms with Crippen molar-refractivity contribution in [1.82, 2.24) is 19.6 Å². The maximum atomic E-state index is 15.4. The van der Waals surface area contributed by atoms with E-state index >= 15 is 4.79 Å². The average Bonchev–Trinajstić information content (AvgIpc) is 0.818. The lowest BCUT2D eigenvalue weighted by Crippen LogP contribution is -2.43. The summed E-state index contributed by atoms with van der Waals surface area (Å²) in [5, 5.41) is 48.7. The fraction of sp³-hybridized carbons (Fsp3) is 0.726. The van der Waals surface area contributed by atoms with Crippen molar-refractivity contribution in [2.75, 3.05) is 108 Å². The van der Waals surface area contributed by atoms with Crippen LogP contribution in [0.15, 0.2) is 140 Å². The summed E-state index contributed by atoms with van der Waals surface area (Å²) in [7, 11) is 10.6. The first-order valence-corrected chi connectivity index (χ1v) is 56.9. The van der Waals surface area contributed by atoms with E-state index in [1.165, 1.54) is 22.3 Å². The SMILES string of the molecule is [C-]#[N+]/C(C#N)=C1C=C(/C=C/C2CCC(N(C)CCOC3CC(COC4CC(OCC5CC(OCCN(C)C6CCC(/C=C/C7=CC(=C(/C#N)[N+]#[C-])/CC(C)(C)C7)CC6)CC(OCCN(C)C6CCC(/C=C/C7=CC(=C(/C#N)[N+]#[C-])/CC(C)(C)C7)CC6)C5)CC(C(=O)OC5CC(OCOC)CC(C(=O)OC6CCC(C)CC6)C5)C4)CC(OCCN(C)C4CCC(/C=C/C5=CC(=C(C#N)C#N)CC(C)(C)C5)CC4)C3)CC2)CC(C)C\1. The molecule has 13 rings (SSSR count). The minimum absolute atomic E-state index is 0.0260. The Labute approximate surface area is 889 Å². The monoisotopic (exact) mass is 2030 g/mol. The molecule has 9 saturated carbocycles. The van der Waals surface area contributed by atoms with Crippen LogP contribution in [0.5, 0.6) is 0 Å². The Morgan fingerprint density at radius 2 is 0.655 bits per heavy atom. The van der Waals surface area contributed by atoms with Crippen LogP contribution < -0.4 is 0 Å². The lowest BCUT2D eigenvalue weighted by Gasteiger charge is -2.40. The summed E-state index contributed by atoms with van der Waals surface area (Å²) in [5.41, 5.74) is 8.88. The predicted octanol–water partition coefficient (Wildman–Crippen LogP) is 24.7. The number of methoxy groups -OCH3 is 1. The zero-order valence-corrected chi connectivity index (χ0v) is 92.0. The summed E-state index contributed by atoms with van der Waals surface area (Å²) in [6, 6.07) is 12.4. The maximum absolute atomic E-state index is 15.4. The zero-order chi connectivity index (χ0) is 105. The zero-order valence-electron chi connectivity index (χ0n) is 92.0. The van der Waals surface area contributed by atoms with Gasteiger partial charge in [0.25, 0.3) is 17.1 Å². The van der Waals surface area contributed by atoms with Crippen molar-refractivity contribution in [3.8, 4) is 30.3 Å². The minimum Gasteiger partial charge on any atom is -0.462 e. The van der Waals surface area contributed by atoms with Crippen LogP contribution in [-0.4, -0.2) is 219 Å². The normalized spacial score (nSPS) is 33.2. The highest BCUT2D eigenvalue weighted by molar-refractivity contribution is 5.74. The molecular weight excluding hydrogens is 1850 g/mol. The Bertz CT molecular complexity index is 4950. The van der Waals surface area contributed by atoms with E-state index < -0.39 is 17.9 Å². The average molecular weight is 2030 g/mol. The second kappa shape index (κ2) is 57.3. The molecule has 24 nitrogen and oxygen atoms in total. The number of nitrogens with zero attached hydrogens (tertiary/aromatic N) is 12. The molecule has 0 saturated heterocycles. The van der Waals surface area contributed by atoms with Crippen molar-refractivity contribution in [1.29, 1.82) is 26.3 Å². The van der Waals surface area contributed by atoms with Crippen molar-refractivity contribution in [2.24, 2.45) is 75.4 Å². The first kappa shape index (κ1) is 116. The Hall–Kier alpha value is -8.74. The lowest BCUT2D eigenvalue weighted by molar-refractivity contribution is -0.177. The third kappa shape index (κ3) is 36.2. The highest BCUT2D eigenvalue weighted by Crippen LogP contribution is 2.47. The molecule has 0 amide bonds. The van der Waals surface area contributed by atoms with E-state index in [0.717, 1.165) is 267 Å². The van der Waals surface area contributed by atoms with E-state index in [2.05, 4.69) is 221 Å². The molecule has 12 atom stereocenters. The number of ether oxygens (including phenoxy) is 10. The van der Waals surface area contributed by atoms with E-state index in [0.29, 0.717) is 138 Å². The summed E-state index contributed by atoms with van der Waals surface area (Å²) in [5.74, 6) is 1.49. The van der Waals surface area contributed by atoms with Gasteiger partial charge in [-0.05, 0) is 387 Å². The molecule has 0 N–H and O–H groups in total. The van der Waals surface area contributed by atoms with Gasteiger partial charge in [-0.2, -0.15) is 10.5 Å². The third-order valence-corrected chi connectivity index (χ3v) is 35.2. The standard InChI is InChI=1S/C124H176N12O12/c1-85-17-43-108(44-18-85)147-120(137)99-65-115(146-84-139-16)70-116(66-99)148-121(138)98-63-113(144-82-95-59-109(140-49-45-133(12)104-35-27-87(28-36-104)19-23-91-53-86(2)54-97(55-91)117(79-127)130-9)67-110(60-95)141-50-46-134(13)105-37-29-88(30-38-105)20-24-92-56-100(103(77-125)78-126)74-122(3,4)71-92)69-114(64-98)145-83-96-61-111(142-51-47-135(14)106-39-31-89(32-40-106)21-25-93-57-101(118(80-128)131-10)75-123(5,6)72-93)68-112(62-96)143-52-48-136(15)107-41-33-90(34-42-107)22-26-94-58-102(119(81-129)132-11)76-124(7,8)73-94/h19-26,55-58,85-90,95-96,98-99,104-116H,17-18,27-54,59-76,82-84H2,1-8,12-16H3/b23-19+,24-20+,25-21+,26-22+,117-97-,118-101+,119-102+. The van der Waals surface area contributed by atoms with Crippen molar-refractivity contribution < 1.29 is 57.0 Å². The smallest absolute Gasteiger partial charge is 0.309 e. The van der Waals surface area contributed by atoms with Gasteiger partial charge in [-0.15, -0.1) is 0 Å². The molecule has 148 heavy (non-hydrogen) atoms. The first-order valence-electron chi connectivity index (χ1n) is 56.9. The van der Waals surface area contributed by atoms with Crippen LogP contribution in [-0.2, 0) is 57.0 Å². The van der Waals surface area contributed by atoms with Gasteiger partial charge in [0.2, 0.25) is 0 Å². The molecule has 804 valence electrons. The van der Waals surface area contributed by atoms with Crippen molar-refractivity contribution in [3.05, 3.63) is 174 Å². The van der Waals surface area contributed by atoms with Crippen LogP contribution in [0, 0.1) is 152 Å². The Morgan fingerprint density at radius 3 is 1.00 bits per heavy atom. The summed E-state index contributed by atoms with van der Waals surface area (Å²) < 4.78 is 67.6. The molecule has 0 aromatic heterocycles. The molecule has 0 bridgehead atoms. The van der Waals surface area contributed by atoms with Crippen LogP contribution in [0.3, 0.4) is 0 Å². The minimum atomic E-state index is -0.577. The second-order valence-corrected chi connectivity index (χ2v) is 49.4. The van der Waals surface area contributed by atoms with Gasteiger partial charge in [0.05, 0.1) is 119 Å². The topological polar surface area (TPSA) is 271 Å². The van der Waals surface area contributed by atoms with Crippen LogP contribution in [0.25, 0.3) is 14.5 Å². The Kier molecular flexibility index (Phi) is 45.0. The van der Waals surface area contributed by atoms with E-state index in [1.54, 1.807) is 7.11 Å². The number of hydrogen-bond donors (Lipinski definition) is 0. The van der Waals surface area contributed by atoms with Gasteiger partial charge in [0, 0.05) is 77.1 Å². The van der Waals surface area contributed by atoms with E-state index in [9.17, 15) is 31.1 Å². The molecule has 24 heteroatoms. The second-order valence-electron chi connectivity index (χ2n) is 49.4. The fourth-order valence-corrected chi connectivity index (χ4v) is 26.8. The van der Waals surface area contributed by atoms with Gasteiger partial charge in [0.15, 0.2) is 0 Å². The first-order chi connectivity index (χ1) is 71.2. The molecule has 0 spiro atoms. The molecule has 0 aromatic rings. The van der Waals surface area contributed by atoms with Gasteiger partial charge in [0.1, 0.15) is 36.7 Å². The lowest BCUT2D eigenvalue weighted by atomic mass is 9.74. The molecule has 0 radical (unpaired) electrons. The fourth-order valence-electron chi connectivity index (χ4n) is 26.8. The molecule has 0 heterocycles. The number of likely N-dealkylation sites (N-methyl/N-ethyl adjacent to an activating group) is 4. The number of hydrogen-bond acceptors (Lipinski definition) is 21. The summed E-state index contributed by atoms with van der Waals surface area (Å²) in [4.78, 5) is 50.4. The number of allylic oxidation sites excluding steroid dienone is 24. The number of nitriles is 5. The van der Waals surface area contributed by atoms with Crippen molar-refractivity contribution >= 4 is 11.9 Å². The van der Waals surface area contributed by atoms with Gasteiger partial charge < -0.3 is 67.0 Å². The number of rotatable bonds is 41. The molecule has 9 fully saturated rings.